The zero-order valence-corrected chi connectivity index (χ0v) is 14.6. The molecular weight excluding hydrogens is 346 g/mol. The fourth-order valence-electron chi connectivity index (χ4n) is 2.99. The molecule has 24 heavy (non-hydrogen) atoms. The van der Waals surface area contributed by atoms with Crippen molar-refractivity contribution in [2.45, 2.75) is 30.2 Å². The third-order valence-corrected chi connectivity index (χ3v) is 6.41. The van der Waals surface area contributed by atoms with Gasteiger partial charge in [-0.1, -0.05) is 36.2 Å². The molecule has 1 aliphatic heterocycles. The van der Waals surface area contributed by atoms with E-state index in [0.29, 0.717) is 23.6 Å². The Balaban J connectivity index is 1.94. The average Bonchev–Trinajstić information content (AvgIpc) is 2.62. The summed E-state index contributed by atoms with van der Waals surface area (Å²) in [6.45, 7) is 0.362. The Bertz CT molecular complexity index is 819. The van der Waals surface area contributed by atoms with Gasteiger partial charge in [-0.05, 0) is 49.2 Å². The molecule has 126 valence electrons. The van der Waals surface area contributed by atoms with E-state index >= 15 is 0 Å². The molecule has 1 fully saturated rings. The monoisotopic (exact) mass is 363 g/mol. The smallest absolute Gasteiger partial charge is 0.243 e. The first-order valence-electron chi connectivity index (χ1n) is 7.87. The minimum Gasteiger partial charge on any atom is -0.292 e. The molecule has 6 heteroatoms. The van der Waals surface area contributed by atoms with Crippen molar-refractivity contribution < 1.29 is 13.2 Å². The minimum absolute atomic E-state index is 0.175. The van der Waals surface area contributed by atoms with Crippen LogP contribution < -0.4 is 0 Å². The van der Waals surface area contributed by atoms with E-state index in [9.17, 15) is 13.2 Å². The molecule has 1 heterocycles. The van der Waals surface area contributed by atoms with Crippen molar-refractivity contribution in [1.29, 1.82) is 0 Å². The van der Waals surface area contributed by atoms with Gasteiger partial charge in [0.05, 0.1) is 10.9 Å². The Labute approximate surface area is 147 Å². The summed E-state index contributed by atoms with van der Waals surface area (Å²) in [7, 11) is -3.69. The number of carbonyl (C=O) groups is 1. The second-order valence-electron chi connectivity index (χ2n) is 5.81. The van der Waals surface area contributed by atoms with Crippen LogP contribution in [0.25, 0.3) is 0 Å². The highest BCUT2D eigenvalue weighted by molar-refractivity contribution is 7.89. The fraction of sp³-hybridized carbons (Fsp3) is 0.278. The second kappa shape index (κ2) is 7.05. The highest BCUT2D eigenvalue weighted by atomic mass is 35.5. The molecule has 0 spiro atoms. The predicted octanol–water partition coefficient (Wildman–Crippen LogP) is 3.77. The number of piperidine rings is 1. The van der Waals surface area contributed by atoms with Crippen molar-refractivity contribution in [2.75, 3.05) is 6.54 Å². The highest BCUT2D eigenvalue weighted by Crippen LogP contribution is 2.27. The van der Waals surface area contributed by atoms with Crippen LogP contribution in [0.5, 0.6) is 0 Å². The minimum atomic E-state index is -3.69. The first kappa shape index (κ1) is 17.1. The standard InChI is InChI=1S/C18H18ClNO3S/c19-15-11-9-14(10-12-15)18(21)17-8-4-5-13-20(17)24(22,23)16-6-2-1-3-7-16/h1-3,6-7,9-12,17H,4-5,8,13H2. The summed E-state index contributed by atoms with van der Waals surface area (Å²) in [6, 6.07) is 14.2. The van der Waals surface area contributed by atoms with Gasteiger partial charge in [-0.15, -0.1) is 0 Å². The van der Waals surface area contributed by atoms with Crippen LogP contribution in [0.2, 0.25) is 5.02 Å². The number of ketones is 1. The average molecular weight is 364 g/mol. The number of carbonyl (C=O) groups excluding carboxylic acids is 1. The second-order valence-corrected chi connectivity index (χ2v) is 8.14. The van der Waals surface area contributed by atoms with E-state index in [0.717, 1.165) is 12.8 Å². The molecule has 2 aromatic carbocycles. The van der Waals surface area contributed by atoms with Crippen molar-refractivity contribution in [3.63, 3.8) is 0 Å². The van der Waals surface area contributed by atoms with Crippen LogP contribution in [0, 0.1) is 0 Å². The van der Waals surface area contributed by atoms with Crippen LogP contribution in [0.3, 0.4) is 0 Å². The van der Waals surface area contributed by atoms with Crippen LogP contribution in [-0.4, -0.2) is 31.1 Å². The van der Waals surface area contributed by atoms with Gasteiger partial charge in [0.25, 0.3) is 0 Å². The van der Waals surface area contributed by atoms with Gasteiger partial charge in [0.2, 0.25) is 10.0 Å². The molecule has 1 atom stereocenters. The Kier molecular flexibility index (Phi) is 5.04. The Morgan fingerprint density at radius 2 is 1.67 bits per heavy atom. The van der Waals surface area contributed by atoms with E-state index < -0.39 is 16.1 Å². The van der Waals surface area contributed by atoms with Crippen LogP contribution in [0.4, 0.5) is 0 Å². The zero-order valence-electron chi connectivity index (χ0n) is 13.1. The summed E-state index contributed by atoms with van der Waals surface area (Å²) in [5, 5.41) is 0.545. The molecule has 0 radical (unpaired) electrons. The third kappa shape index (κ3) is 3.38. The predicted molar refractivity (Wildman–Crippen MR) is 93.8 cm³/mol. The van der Waals surface area contributed by atoms with E-state index in [-0.39, 0.29) is 10.7 Å². The summed E-state index contributed by atoms with van der Waals surface area (Å²) in [4.78, 5) is 13.1. The summed E-state index contributed by atoms with van der Waals surface area (Å²) >= 11 is 5.87. The molecule has 2 aromatic rings. The number of Topliss-reactive ketones (excluding diaryl/α,β-unsaturated/α-hetero) is 1. The maximum atomic E-state index is 12.9. The number of hydrogen-bond acceptors (Lipinski definition) is 3. The molecule has 0 bridgehead atoms. The van der Waals surface area contributed by atoms with Gasteiger partial charge in [-0.25, -0.2) is 8.42 Å². The number of rotatable bonds is 4. The topological polar surface area (TPSA) is 54.5 Å². The van der Waals surface area contributed by atoms with Gasteiger partial charge in [0.15, 0.2) is 5.78 Å². The van der Waals surface area contributed by atoms with E-state index in [2.05, 4.69) is 0 Å². The molecule has 0 aliphatic carbocycles. The molecule has 1 saturated heterocycles. The van der Waals surface area contributed by atoms with Crippen molar-refractivity contribution in [2.24, 2.45) is 0 Å². The molecule has 1 unspecified atom stereocenters. The van der Waals surface area contributed by atoms with Gasteiger partial charge < -0.3 is 0 Å². The van der Waals surface area contributed by atoms with Crippen LogP contribution in [0.15, 0.2) is 59.5 Å². The lowest BCUT2D eigenvalue weighted by Crippen LogP contribution is -2.47. The van der Waals surface area contributed by atoms with E-state index in [1.165, 1.54) is 4.31 Å². The lowest BCUT2D eigenvalue weighted by molar-refractivity contribution is 0.0861. The van der Waals surface area contributed by atoms with E-state index in [4.69, 9.17) is 11.6 Å². The molecular formula is C18H18ClNO3S. The van der Waals surface area contributed by atoms with Gasteiger partial charge >= 0.3 is 0 Å². The van der Waals surface area contributed by atoms with Crippen molar-refractivity contribution >= 4 is 27.4 Å². The van der Waals surface area contributed by atoms with Crippen molar-refractivity contribution in [3.05, 3.63) is 65.2 Å². The van der Waals surface area contributed by atoms with Gasteiger partial charge in [-0.3, -0.25) is 4.79 Å². The fourth-order valence-corrected chi connectivity index (χ4v) is 4.79. The Morgan fingerprint density at radius 1 is 1.00 bits per heavy atom. The zero-order chi connectivity index (χ0) is 17.2. The van der Waals surface area contributed by atoms with Crippen LogP contribution >= 0.6 is 11.6 Å². The van der Waals surface area contributed by atoms with Gasteiger partial charge in [0, 0.05) is 17.1 Å². The van der Waals surface area contributed by atoms with E-state index in [1.807, 2.05) is 0 Å². The van der Waals surface area contributed by atoms with Crippen LogP contribution in [0.1, 0.15) is 29.6 Å². The lowest BCUT2D eigenvalue weighted by atomic mass is 9.96. The Morgan fingerprint density at radius 3 is 2.33 bits per heavy atom. The molecule has 0 saturated carbocycles. The number of sulfonamides is 1. The Hall–Kier alpha value is -1.69. The first-order valence-corrected chi connectivity index (χ1v) is 9.68. The SMILES string of the molecule is O=C(c1ccc(Cl)cc1)C1CCCCN1S(=O)(=O)c1ccccc1. The molecule has 0 aromatic heterocycles. The largest absolute Gasteiger partial charge is 0.292 e. The number of benzene rings is 2. The third-order valence-electron chi connectivity index (χ3n) is 4.23. The van der Waals surface area contributed by atoms with Gasteiger partial charge in [-0.2, -0.15) is 4.31 Å². The molecule has 4 nitrogen and oxygen atoms in total. The quantitative estimate of drug-likeness (QED) is 0.777. The highest BCUT2D eigenvalue weighted by Gasteiger charge is 2.37. The molecule has 0 N–H and O–H groups in total. The van der Waals surface area contributed by atoms with Crippen molar-refractivity contribution in [3.8, 4) is 0 Å². The summed E-state index contributed by atoms with van der Waals surface area (Å²) in [6.07, 6.45) is 2.13. The summed E-state index contributed by atoms with van der Waals surface area (Å²) in [5.74, 6) is -0.175. The maximum absolute atomic E-state index is 12.9. The normalized spacial score (nSPS) is 19.1. The summed E-state index contributed by atoms with van der Waals surface area (Å²) < 4.78 is 27.2. The maximum Gasteiger partial charge on any atom is 0.243 e. The number of halogens is 1. The van der Waals surface area contributed by atoms with Gasteiger partial charge in [0.1, 0.15) is 0 Å². The van der Waals surface area contributed by atoms with Crippen LogP contribution in [-0.2, 0) is 10.0 Å². The molecule has 0 amide bonds. The number of hydrogen-bond donors (Lipinski definition) is 0. The molecule has 1 aliphatic rings. The first-order chi connectivity index (χ1) is 11.5. The van der Waals surface area contributed by atoms with Crippen molar-refractivity contribution in [1.82, 2.24) is 4.31 Å². The molecule has 3 rings (SSSR count). The summed E-state index contributed by atoms with van der Waals surface area (Å²) in [5.41, 5.74) is 0.486. The lowest BCUT2D eigenvalue weighted by Gasteiger charge is -2.33. The van der Waals surface area contributed by atoms with E-state index in [1.54, 1.807) is 54.6 Å². The number of nitrogens with zero attached hydrogens (tertiary/aromatic N) is 1.